The summed E-state index contributed by atoms with van der Waals surface area (Å²) in [5.74, 6) is 0.240. The second-order valence-electron chi connectivity index (χ2n) is 7.03. The van der Waals surface area contributed by atoms with E-state index in [4.69, 9.17) is 4.52 Å². The van der Waals surface area contributed by atoms with E-state index in [0.29, 0.717) is 23.6 Å². The number of unbranched alkanes of at least 4 members (excludes halogenated alkanes) is 2. The summed E-state index contributed by atoms with van der Waals surface area (Å²) in [6.07, 6.45) is 3.76. The Kier molecular flexibility index (Phi) is 6.23. The van der Waals surface area contributed by atoms with Crippen molar-refractivity contribution >= 4 is 5.91 Å². The molecular formula is C21H25FN4O2. The molecule has 28 heavy (non-hydrogen) atoms. The Bertz CT molecular complexity index is 928. The first-order chi connectivity index (χ1) is 13.5. The van der Waals surface area contributed by atoms with Crippen LogP contribution in [0.3, 0.4) is 0 Å². The highest BCUT2D eigenvalue weighted by atomic mass is 19.1. The Morgan fingerprint density at radius 3 is 2.75 bits per heavy atom. The standard InChI is InChI=1S/C21H25FN4O2/c1-14-20(15(2)28-25-14)21(27)26(3)11-6-4-5-10-18-13-19(24-23-18)16-8-7-9-17(22)12-16/h7-9,12-13H,4-6,10-11H2,1-3H3,(H,23,24). The predicted molar refractivity (Wildman–Crippen MR) is 104 cm³/mol. The number of rotatable bonds is 8. The maximum absolute atomic E-state index is 13.3. The Labute approximate surface area is 163 Å². The zero-order chi connectivity index (χ0) is 20.1. The summed E-state index contributed by atoms with van der Waals surface area (Å²) in [7, 11) is 1.80. The number of hydrogen-bond donors (Lipinski definition) is 1. The van der Waals surface area contributed by atoms with Crippen LogP contribution in [0.2, 0.25) is 0 Å². The molecule has 1 amide bonds. The van der Waals surface area contributed by atoms with Crippen molar-refractivity contribution in [1.82, 2.24) is 20.3 Å². The molecule has 1 N–H and O–H groups in total. The topological polar surface area (TPSA) is 75.0 Å². The molecule has 0 aliphatic carbocycles. The molecule has 0 radical (unpaired) electrons. The summed E-state index contributed by atoms with van der Waals surface area (Å²) in [6.45, 7) is 4.21. The summed E-state index contributed by atoms with van der Waals surface area (Å²) in [4.78, 5) is 14.2. The number of halogens is 1. The maximum atomic E-state index is 13.3. The molecule has 0 spiro atoms. The van der Waals surface area contributed by atoms with Gasteiger partial charge in [0.2, 0.25) is 0 Å². The monoisotopic (exact) mass is 384 g/mol. The fourth-order valence-electron chi connectivity index (χ4n) is 3.21. The molecule has 0 saturated carbocycles. The van der Waals surface area contributed by atoms with Crippen molar-refractivity contribution in [2.45, 2.75) is 39.5 Å². The highest BCUT2D eigenvalue weighted by molar-refractivity contribution is 5.95. The van der Waals surface area contributed by atoms with Crippen LogP contribution in [-0.4, -0.2) is 39.8 Å². The Morgan fingerprint density at radius 1 is 1.21 bits per heavy atom. The third kappa shape index (κ3) is 4.65. The van der Waals surface area contributed by atoms with Crippen molar-refractivity contribution in [1.29, 1.82) is 0 Å². The first kappa shape index (κ1) is 19.8. The zero-order valence-corrected chi connectivity index (χ0v) is 16.5. The average molecular weight is 384 g/mol. The molecule has 2 aromatic heterocycles. The molecule has 7 heteroatoms. The van der Waals surface area contributed by atoms with Gasteiger partial charge in [0.1, 0.15) is 17.1 Å². The minimum atomic E-state index is -0.266. The van der Waals surface area contributed by atoms with E-state index in [9.17, 15) is 9.18 Å². The summed E-state index contributed by atoms with van der Waals surface area (Å²) in [5, 5.41) is 11.1. The van der Waals surface area contributed by atoms with Crippen molar-refractivity contribution in [3.05, 3.63) is 58.9 Å². The zero-order valence-electron chi connectivity index (χ0n) is 16.5. The lowest BCUT2D eigenvalue weighted by Gasteiger charge is -2.16. The van der Waals surface area contributed by atoms with Gasteiger partial charge in [-0.2, -0.15) is 5.10 Å². The Hall–Kier alpha value is -2.96. The number of aromatic nitrogens is 3. The van der Waals surface area contributed by atoms with Crippen molar-refractivity contribution in [2.24, 2.45) is 0 Å². The van der Waals surface area contributed by atoms with Crippen LogP contribution in [-0.2, 0) is 6.42 Å². The molecule has 0 atom stereocenters. The molecule has 0 unspecified atom stereocenters. The molecule has 1 aromatic carbocycles. The van der Waals surface area contributed by atoms with Gasteiger partial charge in [-0.05, 0) is 51.3 Å². The molecule has 0 fully saturated rings. The lowest BCUT2D eigenvalue weighted by Crippen LogP contribution is -2.28. The van der Waals surface area contributed by atoms with Crippen LogP contribution in [0.25, 0.3) is 11.3 Å². The molecule has 3 aromatic rings. The maximum Gasteiger partial charge on any atom is 0.259 e. The van der Waals surface area contributed by atoms with E-state index in [1.54, 1.807) is 31.9 Å². The summed E-state index contributed by atoms with van der Waals surface area (Å²) < 4.78 is 18.4. The molecule has 3 rings (SSSR count). The molecule has 0 aliphatic rings. The molecule has 0 bridgehead atoms. The Balaban J connectivity index is 1.42. The summed E-state index contributed by atoms with van der Waals surface area (Å²) in [5.41, 5.74) is 3.73. The number of nitrogens with zero attached hydrogens (tertiary/aromatic N) is 3. The van der Waals surface area contributed by atoms with Gasteiger partial charge in [0.15, 0.2) is 0 Å². The molecule has 2 heterocycles. The van der Waals surface area contributed by atoms with E-state index in [0.717, 1.165) is 42.6 Å². The smallest absolute Gasteiger partial charge is 0.259 e. The summed E-state index contributed by atoms with van der Waals surface area (Å²) in [6, 6.07) is 8.38. The van der Waals surface area contributed by atoms with Crippen molar-refractivity contribution < 1.29 is 13.7 Å². The second-order valence-corrected chi connectivity index (χ2v) is 7.03. The van der Waals surface area contributed by atoms with E-state index in [-0.39, 0.29) is 11.7 Å². The number of aryl methyl sites for hydroxylation is 3. The number of H-pyrrole nitrogens is 1. The van der Waals surface area contributed by atoms with E-state index in [1.165, 1.54) is 12.1 Å². The van der Waals surface area contributed by atoms with Gasteiger partial charge in [-0.15, -0.1) is 0 Å². The summed E-state index contributed by atoms with van der Waals surface area (Å²) >= 11 is 0. The quantitative estimate of drug-likeness (QED) is 0.588. The van der Waals surface area contributed by atoms with E-state index < -0.39 is 0 Å². The Morgan fingerprint density at radius 2 is 2.04 bits per heavy atom. The van der Waals surface area contributed by atoms with Crippen LogP contribution in [0.4, 0.5) is 4.39 Å². The highest BCUT2D eigenvalue weighted by Gasteiger charge is 2.20. The lowest BCUT2D eigenvalue weighted by atomic mass is 10.1. The molecular weight excluding hydrogens is 359 g/mol. The number of amides is 1. The lowest BCUT2D eigenvalue weighted by molar-refractivity contribution is 0.0790. The average Bonchev–Trinajstić information content (AvgIpc) is 3.27. The first-order valence-electron chi connectivity index (χ1n) is 9.44. The van der Waals surface area contributed by atoms with Crippen molar-refractivity contribution in [3.8, 4) is 11.3 Å². The largest absolute Gasteiger partial charge is 0.361 e. The number of aromatic amines is 1. The van der Waals surface area contributed by atoms with Crippen LogP contribution < -0.4 is 0 Å². The second kappa shape index (κ2) is 8.82. The SMILES string of the molecule is Cc1noc(C)c1C(=O)N(C)CCCCCc1cc(-c2cccc(F)c2)n[nH]1. The van der Waals surface area contributed by atoms with Gasteiger partial charge in [-0.3, -0.25) is 9.89 Å². The number of carbonyl (C=O) groups excluding carboxylic acids is 1. The fourth-order valence-corrected chi connectivity index (χ4v) is 3.21. The highest BCUT2D eigenvalue weighted by Crippen LogP contribution is 2.19. The molecule has 6 nitrogen and oxygen atoms in total. The van der Waals surface area contributed by atoms with Crippen molar-refractivity contribution in [3.63, 3.8) is 0 Å². The molecule has 148 valence electrons. The van der Waals surface area contributed by atoms with Crippen LogP contribution in [0, 0.1) is 19.7 Å². The van der Waals surface area contributed by atoms with Gasteiger partial charge in [0.25, 0.3) is 5.91 Å². The van der Waals surface area contributed by atoms with Gasteiger partial charge < -0.3 is 9.42 Å². The first-order valence-corrected chi connectivity index (χ1v) is 9.44. The van der Waals surface area contributed by atoms with Crippen LogP contribution in [0.15, 0.2) is 34.9 Å². The van der Waals surface area contributed by atoms with E-state index in [2.05, 4.69) is 15.4 Å². The third-order valence-corrected chi connectivity index (χ3v) is 4.78. The van der Waals surface area contributed by atoms with Gasteiger partial charge in [0.05, 0.1) is 11.4 Å². The molecule has 0 aliphatic heterocycles. The minimum Gasteiger partial charge on any atom is -0.361 e. The van der Waals surface area contributed by atoms with Gasteiger partial charge in [0, 0.05) is 24.8 Å². The van der Waals surface area contributed by atoms with E-state index >= 15 is 0 Å². The van der Waals surface area contributed by atoms with Crippen LogP contribution in [0.5, 0.6) is 0 Å². The predicted octanol–water partition coefficient (Wildman–Crippen LogP) is 4.31. The van der Waals surface area contributed by atoms with Crippen molar-refractivity contribution in [2.75, 3.05) is 13.6 Å². The number of nitrogens with one attached hydrogen (secondary N) is 1. The van der Waals surface area contributed by atoms with E-state index in [1.807, 2.05) is 12.1 Å². The normalized spacial score (nSPS) is 11.0. The van der Waals surface area contributed by atoms with Gasteiger partial charge >= 0.3 is 0 Å². The van der Waals surface area contributed by atoms with Crippen LogP contribution >= 0.6 is 0 Å². The van der Waals surface area contributed by atoms with Gasteiger partial charge in [-0.1, -0.05) is 23.7 Å². The fraction of sp³-hybridized carbons (Fsp3) is 0.381. The number of hydrogen-bond acceptors (Lipinski definition) is 4. The van der Waals surface area contributed by atoms with Gasteiger partial charge in [-0.25, -0.2) is 4.39 Å². The molecule has 0 saturated heterocycles. The number of carbonyl (C=O) groups is 1. The minimum absolute atomic E-state index is 0.0513. The van der Waals surface area contributed by atoms with Crippen LogP contribution in [0.1, 0.15) is 46.8 Å². The third-order valence-electron chi connectivity index (χ3n) is 4.78. The number of benzene rings is 1.